The van der Waals surface area contributed by atoms with Gasteiger partial charge in [0, 0.05) is 85.5 Å². The molecule has 1 unspecified atom stereocenters. The molecule has 1 aliphatic heterocycles. The number of carbonyl (C=O) groups excluding carboxylic acids is 5. The number of fused-ring (bicyclic) bond motifs is 1. The molecule has 1 fully saturated rings. The van der Waals surface area contributed by atoms with Crippen LogP contribution in [0.1, 0.15) is 94.1 Å². The van der Waals surface area contributed by atoms with E-state index >= 15 is 0 Å². The highest BCUT2D eigenvalue weighted by atomic mass is 19.1. The van der Waals surface area contributed by atoms with E-state index in [0.717, 1.165) is 63.6 Å². The lowest BCUT2D eigenvalue weighted by atomic mass is 9.85. The summed E-state index contributed by atoms with van der Waals surface area (Å²) in [6.07, 6.45) is 2.15. The van der Waals surface area contributed by atoms with Crippen LogP contribution in [0.2, 0.25) is 0 Å². The SMILES string of the molecule is CCCCNC(=O)OCc1cc(N)cc(N)c1.CCCNC(=O)CN(CCO)CCO.COc1c(N)cc2c(C)c(C(=O)N3CCOCC3)oc2c1OC.COc1ccc(NC(=O)OCc2cc(C)cc(N)c2)c(OC)c1.Cc1cc(CC(=O)C(c2ccccc2)c2ccc(N)cc2)ccc1F. The number of nitrogens with one attached hydrogen (secondary N) is 3. The Labute approximate surface area is 595 Å². The number of aryl methyl sites for hydroxylation is 3. The molecule has 1 aromatic heterocycles. The highest BCUT2D eigenvalue weighted by Gasteiger charge is 2.28. The molecule has 25 nitrogen and oxygen atoms in total. The lowest BCUT2D eigenvalue weighted by Gasteiger charge is -2.26. The molecule has 0 spiro atoms. The average Bonchev–Trinajstić information content (AvgIpc) is 1.53. The molecule has 0 bridgehead atoms. The Kier molecular flexibility index (Phi) is 34.5. The summed E-state index contributed by atoms with van der Waals surface area (Å²) in [5.41, 5.74) is 39.2. The van der Waals surface area contributed by atoms with Crippen molar-refractivity contribution in [2.45, 2.75) is 79.4 Å². The molecule has 9 rings (SSSR count). The summed E-state index contributed by atoms with van der Waals surface area (Å²) in [6.45, 7) is 14.4. The molecule has 26 heteroatoms. The van der Waals surface area contributed by atoms with E-state index in [0.29, 0.717) is 127 Å². The number of methoxy groups -OCH3 is 4. The zero-order chi connectivity index (χ0) is 74.7. The number of alkyl carbamates (subject to hydrolysis) is 1. The van der Waals surface area contributed by atoms with Crippen molar-refractivity contribution in [3.8, 4) is 23.0 Å². The Morgan fingerprint density at radius 3 is 1.82 bits per heavy atom. The largest absolute Gasteiger partial charge is 0.497 e. The second-order valence-electron chi connectivity index (χ2n) is 23.6. The van der Waals surface area contributed by atoms with Gasteiger partial charge in [-0.1, -0.05) is 80.9 Å². The molecule has 102 heavy (non-hydrogen) atoms. The van der Waals surface area contributed by atoms with Crippen molar-refractivity contribution in [2.24, 2.45) is 0 Å². The van der Waals surface area contributed by atoms with Gasteiger partial charge in [-0.25, -0.2) is 14.0 Å². The molecule has 550 valence electrons. The number of benzene rings is 7. The van der Waals surface area contributed by atoms with E-state index in [1.807, 2.05) is 75.4 Å². The highest BCUT2D eigenvalue weighted by molar-refractivity contribution is 6.02. The number of amides is 4. The van der Waals surface area contributed by atoms with Crippen LogP contribution in [0.5, 0.6) is 23.0 Å². The lowest BCUT2D eigenvalue weighted by Crippen LogP contribution is -2.40. The Morgan fingerprint density at radius 1 is 0.627 bits per heavy atom. The maximum absolute atomic E-state index is 13.5. The number of anilines is 6. The summed E-state index contributed by atoms with van der Waals surface area (Å²) in [4.78, 5) is 63.6. The lowest BCUT2D eigenvalue weighted by molar-refractivity contribution is -0.122. The molecule has 4 amide bonds. The minimum absolute atomic E-state index is 0.00105. The van der Waals surface area contributed by atoms with Gasteiger partial charge >= 0.3 is 12.2 Å². The number of carbonyl (C=O) groups is 5. The molecule has 1 aliphatic rings. The van der Waals surface area contributed by atoms with Gasteiger partial charge in [0.25, 0.3) is 5.91 Å². The van der Waals surface area contributed by atoms with Gasteiger partial charge in [-0.3, -0.25) is 24.6 Å². The number of morpholine rings is 1. The van der Waals surface area contributed by atoms with Crippen molar-refractivity contribution in [2.75, 3.05) is 135 Å². The number of rotatable bonds is 26. The van der Waals surface area contributed by atoms with Gasteiger partial charge in [0.2, 0.25) is 11.7 Å². The number of halogens is 1. The van der Waals surface area contributed by atoms with Gasteiger partial charge < -0.3 is 92.0 Å². The van der Waals surface area contributed by atoms with E-state index < -0.39 is 12.2 Å². The molecule has 7 aromatic carbocycles. The van der Waals surface area contributed by atoms with Crippen LogP contribution in [0, 0.1) is 26.6 Å². The standard InChI is InChI=1S/C22H20FNO.C17H20N2O4.C16H20N2O5.C12H19N3O2.C9H20N2O3/c1-15-13-16(7-12-20(15)23)14-21(25)22(17-5-3-2-4-6-17)18-8-10-19(24)11-9-18;1-11-6-12(8-13(18)7-11)10-23-17(20)19-15-5-4-14(21-2)9-16(15)22-3;1-9-10-8-11(17)14(20-2)15(21-3)13(10)23-12(9)16(19)18-4-6-22-7-5-18;1-2-3-4-15-12(16)17-8-9-5-10(13)7-11(14)6-9;1-2-3-10-9(14)8-11(4-6-12)5-7-13/h2-13,22H,14,24H2,1H3;4-9H,10,18H2,1-3H3,(H,19,20);8H,4-7,17H2,1-3H3;5-7H,2-4,8,13-14H2,1H3,(H,15,16);12-13H,2-8H2,1H3,(H,10,14). The van der Waals surface area contributed by atoms with Gasteiger partial charge in [0.05, 0.1) is 78.7 Å². The Balaban J connectivity index is 0.000000233. The smallest absolute Gasteiger partial charge is 0.412 e. The first-order valence-electron chi connectivity index (χ1n) is 33.3. The van der Waals surface area contributed by atoms with Crippen molar-refractivity contribution in [1.82, 2.24) is 20.4 Å². The van der Waals surface area contributed by atoms with Crippen LogP contribution in [-0.4, -0.2) is 150 Å². The van der Waals surface area contributed by atoms with E-state index in [9.17, 15) is 28.4 Å². The van der Waals surface area contributed by atoms with Crippen LogP contribution >= 0.6 is 0 Å². The third-order valence-corrected chi connectivity index (χ3v) is 15.5. The van der Waals surface area contributed by atoms with Gasteiger partial charge in [-0.2, -0.15) is 0 Å². The summed E-state index contributed by atoms with van der Waals surface area (Å²) in [6, 6.07) is 39.4. The number of ether oxygens (including phenoxy) is 7. The number of hydrogen-bond donors (Lipinski definition) is 10. The van der Waals surface area contributed by atoms with E-state index in [-0.39, 0.29) is 68.7 Å². The number of hydrogen-bond acceptors (Lipinski definition) is 21. The van der Waals surface area contributed by atoms with Crippen LogP contribution in [-0.2, 0) is 43.4 Å². The van der Waals surface area contributed by atoms with Gasteiger partial charge in [-0.15, -0.1) is 0 Å². The number of ketones is 1. The first kappa shape index (κ1) is 81.9. The van der Waals surface area contributed by atoms with Crippen molar-refractivity contribution < 1.29 is 76.2 Å². The number of furan rings is 1. The van der Waals surface area contributed by atoms with Crippen LogP contribution in [0.25, 0.3) is 11.0 Å². The van der Waals surface area contributed by atoms with Crippen molar-refractivity contribution >= 4 is 74.9 Å². The summed E-state index contributed by atoms with van der Waals surface area (Å²) in [5.74, 6) is 1.45. The average molecular weight is 1410 g/mol. The normalized spacial score (nSPS) is 11.7. The fourth-order valence-corrected chi connectivity index (χ4v) is 10.5. The topological polar surface area (TPSA) is 376 Å². The van der Waals surface area contributed by atoms with Crippen LogP contribution in [0.3, 0.4) is 0 Å². The van der Waals surface area contributed by atoms with Crippen LogP contribution in [0.15, 0.2) is 138 Å². The maximum atomic E-state index is 13.5. The zero-order valence-corrected chi connectivity index (χ0v) is 59.7. The first-order valence-corrected chi connectivity index (χ1v) is 33.3. The number of nitrogens with zero attached hydrogens (tertiary/aromatic N) is 2. The number of nitrogens with two attached hydrogens (primary N) is 5. The van der Waals surface area contributed by atoms with E-state index in [2.05, 4.69) is 22.9 Å². The van der Waals surface area contributed by atoms with Gasteiger partial charge in [-0.05, 0) is 139 Å². The first-order chi connectivity index (χ1) is 49.0. The van der Waals surface area contributed by atoms with Crippen molar-refractivity contribution in [3.63, 3.8) is 0 Å². The summed E-state index contributed by atoms with van der Waals surface area (Å²) >= 11 is 0. The van der Waals surface area contributed by atoms with E-state index in [4.69, 9.17) is 76.5 Å². The number of aliphatic hydroxyl groups excluding tert-OH is 2. The minimum atomic E-state index is -0.575. The minimum Gasteiger partial charge on any atom is -0.497 e. The molecule has 15 N–H and O–H groups in total. The fraction of sp³-hybridized carbons (Fsp3) is 0.355. The molecule has 0 saturated carbocycles. The molecule has 0 radical (unpaired) electrons. The number of unbranched alkanes of at least 4 members (excludes halogenated alkanes) is 1. The third-order valence-electron chi connectivity index (χ3n) is 15.5. The molecule has 1 atom stereocenters. The zero-order valence-electron chi connectivity index (χ0n) is 59.7. The number of nitrogen functional groups attached to an aromatic ring is 5. The second kappa shape index (κ2) is 43.0. The molecular formula is C76H99FN10O15. The fourth-order valence-electron chi connectivity index (χ4n) is 10.5. The Hall–Kier alpha value is -10.8. The molecule has 8 aromatic rings. The predicted molar refractivity (Wildman–Crippen MR) is 395 cm³/mol. The van der Waals surface area contributed by atoms with Gasteiger partial charge in [0.15, 0.2) is 17.1 Å². The van der Waals surface area contributed by atoms with E-state index in [1.165, 1.54) is 27.4 Å². The Morgan fingerprint density at radius 2 is 1.25 bits per heavy atom. The summed E-state index contributed by atoms with van der Waals surface area (Å²) < 4.78 is 55.8. The molecular weight excluding hydrogens is 1310 g/mol. The van der Waals surface area contributed by atoms with Gasteiger partial charge in [0.1, 0.15) is 36.3 Å². The highest BCUT2D eigenvalue weighted by Crippen LogP contribution is 2.44. The number of aliphatic hydroxyl groups is 2. The maximum Gasteiger partial charge on any atom is 0.412 e. The monoisotopic (exact) mass is 1410 g/mol. The summed E-state index contributed by atoms with van der Waals surface area (Å²) in [5, 5.41) is 26.2. The van der Waals surface area contributed by atoms with Crippen molar-refractivity contribution in [1.29, 1.82) is 0 Å². The molecule has 1 saturated heterocycles. The van der Waals surface area contributed by atoms with Crippen LogP contribution < -0.4 is 63.6 Å². The molecule has 2 heterocycles. The quantitative estimate of drug-likeness (QED) is 0.0178. The Bertz CT molecular complexity index is 3920. The number of Topliss-reactive ketones (excluding diaryl/α,β-unsaturated/α-hetero) is 1. The molecule has 0 aliphatic carbocycles. The summed E-state index contributed by atoms with van der Waals surface area (Å²) in [7, 11) is 6.10. The van der Waals surface area contributed by atoms with Crippen LogP contribution in [0.4, 0.5) is 48.1 Å². The predicted octanol–water partition coefficient (Wildman–Crippen LogP) is 10.5. The third kappa shape index (κ3) is 26.4. The second-order valence-corrected chi connectivity index (χ2v) is 23.6. The van der Waals surface area contributed by atoms with Crippen molar-refractivity contribution in [3.05, 3.63) is 190 Å². The van der Waals surface area contributed by atoms with E-state index in [1.54, 1.807) is 96.6 Å².